The van der Waals surface area contributed by atoms with Crippen molar-refractivity contribution < 1.29 is 4.79 Å². The molecule has 0 saturated carbocycles. The molecule has 2 saturated heterocycles. The average molecular weight is 380 g/mol. The zero-order chi connectivity index (χ0) is 15.1. The first-order valence-corrected chi connectivity index (χ1v) is 8.74. The number of rotatable bonds is 1. The molecule has 1 aromatic heterocycles. The molecule has 4 nitrogen and oxygen atoms in total. The minimum atomic E-state index is 0. The van der Waals surface area contributed by atoms with Crippen LogP contribution < -0.4 is 5.32 Å². The maximum atomic E-state index is 12.6. The van der Waals surface area contributed by atoms with Gasteiger partial charge in [0.1, 0.15) is 5.69 Å². The van der Waals surface area contributed by atoms with Crippen LogP contribution in [0.4, 0.5) is 0 Å². The first-order chi connectivity index (χ1) is 9.90. The smallest absolute Gasteiger partial charge is 0.273 e. The monoisotopic (exact) mass is 379 g/mol. The second kappa shape index (κ2) is 7.68. The number of carbonyl (C=O) groups is 1. The van der Waals surface area contributed by atoms with Crippen LogP contribution in [0.5, 0.6) is 0 Å². The van der Waals surface area contributed by atoms with E-state index in [1.54, 1.807) is 11.3 Å². The van der Waals surface area contributed by atoms with Crippen molar-refractivity contribution in [3.63, 3.8) is 0 Å². The topological polar surface area (TPSA) is 45.2 Å². The van der Waals surface area contributed by atoms with E-state index in [-0.39, 0.29) is 36.1 Å². The summed E-state index contributed by atoms with van der Waals surface area (Å²) in [5, 5.41) is 6.43. The zero-order valence-corrected chi connectivity index (χ0v) is 16.5. The van der Waals surface area contributed by atoms with Crippen LogP contribution in [0.3, 0.4) is 0 Å². The van der Waals surface area contributed by atoms with Crippen molar-refractivity contribution in [2.75, 3.05) is 26.2 Å². The van der Waals surface area contributed by atoms with Crippen molar-refractivity contribution in [1.29, 1.82) is 0 Å². The molecule has 0 aromatic carbocycles. The molecule has 0 atom stereocenters. The molecule has 1 aromatic rings. The standard InChI is InChI=1S/C16H25N3OS.2ClH/c1-15(2,3)14-18-12(10-21-14)13(20)19-8-5-16(6-9-19)4-7-17-11-16;;/h10,17H,4-9,11H2,1-3H3;2*1H. The maximum absolute atomic E-state index is 12.6. The Bertz CT molecular complexity index is 526. The minimum absolute atomic E-state index is 0. The first-order valence-electron chi connectivity index (χ1n) is 7.86. The van der Waals surface area contributed by atoms with Crippen LogP contribution in [0.25, 0.3) is 0 Å². The number of nitrogens with zero attached hydrogens (tertiary/aromatic N) is 2. The van der Waals surface area contributed by atoms with E-state index >= 15 is 0 Å². The molecule has 2 aliphatic heterocycles. The van der Waals surface area contributed by atoms with Gasteiger partial charge in [-0.05, 0) is 31.2 Å². The molecule has 2 aliphatic rings. The predicted octanol–water partition coefficient (Wildman–Crippen LogP) is 3.50. The Morgan fingerprint density at radius 1 is 1.26 bits per heavy atom. The van der Waals surface area contributed by atoms with E-state index in [9.17, 15) is 4.79 Å². The van der Waals surface area contributed by atoms with Crippen LogP contribution in [-0.2, 0) is 5.41 Å². The van der Waals surface area contributed by atoms with Gasteiger partial charge in [0.25, 0.3) is 5.91 Å². The molecule has 0 aliphatic carbocycles. The zero-order valence-electron chi connectivity index (χ0n) is 14.1. The third-order valence-corrected chi connectivity index (χ3v) is 6.08. The van der Waals surface area contributed by atoms with E-state index in [4.69, 9.17) is 0 Å². The molecule has 132 valence electrons. The fourth-order valence-electron chi connectivity index (χ4n) is 3.28. The third kappa shape index (κ3) is 4.38. The number of thiazole rings is 1. The number of aromatic nitrogens is 1. The lowest BCUT2D eigenvalue weighted by Gasteiger charge is -2.38. The molecule has 1 amide bonds. The summed E-state index contributed by atoms with van der Waals surface area (Å²) in [6.07, 6.45) is 3.52. The van der Waals surface area contributed by atoms with Crippen LogP contribution >= 0.6 is 36.2 Å². The van der Waals surface area contributed by atoms with Crippen molar-refractivity contribution in [3.8, 4) is 0 Å². The Morgan fingerprint density at radius 2 is 1.91 bits per heavy atom. The lowest BCUT2D eigenvalue weighted by atomic mass is 9.78. The summed E-state index contributed by atoms with van der Waals surface area (Å²) in [5.74, 6) is 0.113. The number of amides is 1. The highest BCUT2D eigenvalue weighted by atomic mass is 35.5. The third-order valence-electron chi connectivity index (χ3n) is 4.81. The van der Waals surface area contributed by atoms with Gasteiger partial charge in [0.15, 0.2) is 0 Å². The molecule has 7 heteroatoms. The van der Waals surface area contributed by atoms with E-state index in [1.807, 2.05) is 10.3 Å². The molecular weight excluding hydrogens is 353 g/mol. The molecule has 0 bridgehead atoms. The molecule has 1 N–H and O–H groups in total. The first kappa shape index (κ1) is 20.7. The highest BCUT2D eigenvalue weighted by Gasteiger charge is 2.38. The van der Waals surface area contributed by atoms with Gasteiger partial charge < -0.3 is 10.2 Å². The Kier molecular flexibility index (Phi) is 6.91. The van der Waals surface area contributed by atoms with Crippen molar-refractivity contribution in [2.45, 2.75) is 45.4 Å². The number of carbonyl (C=O) groups excluding carboxylic acids is 1. The predicted molar refractivity (Wildman–Crippen MR) is 100 cm³/mol. The van der Waals surface area contributed by atoms with E-state index in [1.165, 1.54) is 6.42 Å². The van der Waals surface area contributed by atoms with E-state index in [0.717, 1.165) is 44.0 Å². The minimum Gasteiger partial charge on any atom is -0.337 e. The van der Waals surface area contributed by atoms with Crippen LogP contribution in [-0.4, -0.2) is 42.0 Å². The van der Waals surface area contributed by atoms with Crippen molar-refractivity contribution in [1.82, 2.24) is 15.2 Å². The second-order valence-corrected chi connectivity index (χ2v) is 8.36. The quantitative estimate of drug-likeness (QED) is 0.811. The van der Waals surface area contributed by atoms with Gasteiger partial charge in [-0.3, -0.25) is 4.79 Å². The van der Waals surface area contributed by atoms with Crippen molar-refractivity contribution in [2.24, 2.45) is 5.41 Å². The van der Waals surface area contributed by atoms with Gasteiger partial charge in [0.05, 0.1) is 5.01 Å². The van der Waals surface area contributed by atoms with Gasteiger partial charge in [0, 0.05) is 30.4 Å². The van der Waals surface area contributed by atoms with Crippen LogP contribution in [0.2, 0.25) is 0 Å². The van der Waals surface area contributed by atoms with Gasteiger partial charge in [0.2, 0.25) is 0 Å². The van der Waals surface area contributed by atoms with Gasteiger partial charge in [-0.1, -0.05) is 20.8 Å². The lowest BCUT2D eigenvalue weighted by Crippen LogP contribution is -2.44. The Hall–Kier alpha value is -0.360. The molecule has 1 spiro atoms. The highest BCUT2D eigenvalue weighted by Crippen LogP contribution is 2.37. The highest BCUT2D eigenvalue weighted by molar-refractivity contribution is 7.10. The van der Waals surface area contributed by atoms with Gasteiger partial charge in [-0.2, -0.15) is 0 Å². The molecule has 23 heavy (non-hydrogen) atoms. The summed E-state index contributed by atoms with van der Waals surface area (Å²) in [6, 6.07) is 0. The van der Waals surface area contributed by atoms with Crippen molar-refractivity contribution in [3.05, 3.63) is 16.1 Å². The Morgan fingerprint density at radius 3 is 2.39 bits per heavy atom. The Balaban J connectivity index is 0.00000132. The summed E-state index contributed by atoms with van der Waals surface area (Å²) in [7, 11) is 0. The summed E-state index contributed by atoms with van der Waals surface area (Å²) < 4.78 is 0. The van der Waals surface area contributed by atoms with E-state index < -0.39 is 0 Å². The number of halogens is 2. The fraction of sp³-hybridized carbons (Fsp3) is 0.750. The summed E-state index contributed by atoms with van der Waals surface area (Å²) in [5.41, 5.74) is 1.10. The van der Waals surface area contributed by atoms with E-state index in [0.29, 0.717) is 11.1 Å². The van der Waals surface area contributed by atoms with Gasteiger partial charge >= 0.3 is 0 Å². The number of piperidine rings is 1. The molecule has 3 rings (SSSR count). The maximum Gasteiger partial charge on any atom is 0.273 e. The molecule has 2 fully saturated rings. The van der Waals surface area contributed by atoms with Crippen LogP contribution in [0.1, 0.15) is 55.5 Å². The number of hydrogen-bond donors (Lipinski definition) is 1. The molecular formula is C16H27Cl2N3OS. The van der Waals surface area contributed by atoms with Crippen molar-refractivity contribution >= 4 is 42.1 Å². The largest absolute Gasteiger partial charge is 0.337 e. The van der Waals surface area contributed by atoms with Gasteiger partial charge in [-0.15, -0.1) is 36.2 Å². The van der Waals surface area contributed by atoms with Gasteiger partial charge in [-0.25, -0.2) is 4.98 Å². The van der Waals surface area contributed by atoms with E-state index in [2.05, 4.69) is 31.1 Å². The molecule has 3 heterocycles. The molecule has 0 unspecified atom stereocenters. The summed E-state index contributed by atoms with van der Waals surface area (Å²) in [6.45, 7) is 10.4. The summed E-state index contributed by atoms with van der Waals surface area (Å²) in [4.78, 5) is 19.1. The lowest BCUT2D eigenvalue weighted by molar-refractivity contribution is 0.0602. The Labute approximate surface area is 155 Å². The van der Waals surface area contributed by atoms with Crippen LogP contribution in [0.15, 0.2) is 5.38 Å². The number of likely N-dealkylation sites (tertiary alicyclic amines) is 1. The SMILES string of the molecule is CC(C)(C)c1nc(C(=O)N2CCC3(CCNC3)CC2)cs1.Cl.Cl. The normalized spacial score (nSPS) is 20.0. The number of hydrogen-bond acceptors (Lipinski definition) is 4. The number of nitrogens with one attached hydrogen (secondary N) is 1. The average Bonchev–Trinajstić information content (AvgIpc) is 3.08. The molecule has 0 radical (unpaired) electrons. The second-order valence-electron chi connectivity index (χ2n) is 7.51. The van der Waals surface area contributed by atoms with Crippen LogP contribution in [0, 0.1) is 5.41 Å². The fourth-order valence-corrected chi connectivity index (χ4v) is 4.17. The summed E-state index contributed by atoms with van der Waals surface area (Å²) >= 11 is 1.60.